The number of methoxy groups -OCH3 is 2. The first-order valence-corrected chi connectivity index (χ1v) is 8.29. The Morgan fingerprint density at radius 3 is 2.40 bits per heavy atom. The lowest BCUT2D eigenvalue weighted by Gasteiger charge is -2.25. The molecule has 0 aliphatic heterocycles. The van der Waals surface area contributed by atoms with E-state index in [1.54, 1.807) is 14.2 Å². The van der Waals surface area contributed by atoms with Crippen LogP contribution in [0.3, 0.4) is 0 Å². The number of aryl methyl sites for hydroxylation is 1. The molecule has 1 aliphatic rings. The van der Waals surface area contributed by atoms with Gasteiger partial charge in [0.05, 0.1) is 37.1 Å². The number of fused-ring (bicyclic) bond motifs is 5. The fraction of sp³-hybridized carbons (Fsp3) is 0.200. The van der Waals surface area contributed by atoms with Crippen LogP contribution < -0.4 is 9.47 Å². The van der Waals surface area contributed by atoms with Crippen molar-refractivity contribution >= 4 is 21.8 Å². The number of hydrogen-bond donors (Lipinski definition) is 1. The third kappa shape index (κ3) is 2.02. The Kier molecular flexibility index (Phi) is 2.98. The van der Waals surface area contributed by atoms with E-state index < -0.39 is 0 Å². The lowest BCUT2D eigenvalue weighted by Crippen LogP contribution is -2.13. The van der Waals surface area contributed by atoms with Crippen LogP contribution in [-0.2, 0) is 12.8 Å². The van der Waals surface area contributed by atoms with Crippen molar-refractivity contribution in [1.29, 1.82) is 0 Å². The lowest BCUT2D eigenvalue weighted by molar-refractivity contribution is 0.394. The molecule has 124 valence electrons. The molecular weight excluding hydrogens is 314 g/mol. The summed E-state index contributed by atoms with van der Waals surface area (Å²) in [4.78, 5) is 4.98. The van der Waals surface area contributed by atoms with E-state index >= 15 is 0 Å². The number of pyridine rings is 1. The molecule has 2 heterocycles. The molecule has 0 fully saturated rings. The molecular formula is C20H17N3O2. The molecule has 2 aromatic carbocycles. The third-order valence-corrected chi connectivity index (χ3v) is 5.04. The van der Waals surface area contributed by atoms with Crippen molar-refractivity contribution < 1.29 is 9.47 Å². The molecule has 0 saturated carbocycles. The van der Waals surface area contributed by atoms with E-state index in [1.807, 2.05) is 30.5 Å². The second-order valence-electron chi connectivity index (χ2n) is 6.31. The number of aromatic amines is 1. The molecule has 5 nitrogen and oxygen atoms in total. The normalized spacial score (nSPS) is 12.9. The highest BCUT2D eigenvalue weighted by atomic mass is 16.5. The van der Waals surface area contributed by atoms with Gasteiger partial charge in [-0.2, -0.15) is 5.10 Å². The van der Waals surface area contributed by atoms with Gasteiger partial charge in [0, 0.05) is 22.4 Å². The van der Waals surface area contributed by atoms with Gasteiger partial charge < -0.3 is 9.47 Å². The van der Waals surface area contributed by atoms with Crippen molar-refractivity contribution in [2.24, 2.45) is 0 Å². The molecule has 0 unspecified atom stereocenters. The summed E-state index contributed by atoms with van der Waals surface area (Å²) in [6.45, 7) is 0. The molecule has 4 aromatic rings. The molecule has 0 atom stereocenters. The maximum absolute atomic E-state index is 5.42. The lowest BCUT2D eigenvalue weighted by atomic mass is 9.82. The molecule has 25 heavy (non-hydrogen) atoms. The van der Waals surface area contributed by atoms with Crippen LogP contribution in [0.15, 0.2) is 36.5 Å². The summed E-state index contributed by atoms with van der Waals surface area (Å²) in [6.07, 6.45) is 4.01. The van der Waals surface area contributed by atoms with Crippen LogP contribution in [0.1, 0.15) is 11.1 Å². The molecule has 0 spiro atoms. The van der Waals surface area contributed by atoms with Crippen molar-refractivity contribution in [3.05, 3.63) is 47.7 Å². The van der Waals surface area contributed by atoms with Crippen LogP contribution in [-0.4, -0.2) is 29.4 Å². The molecule has 2 aromatic heterocycles. The molecule has 1 N–H and O–H groups in total. The van der Waals surface area contributed by atoms with Crippen molar-refractivity contribution in [2.45, 2.75) is 12.8 Å². The number of ether oxygens (including phenoxy) is 2. The van der Waals surface area contributed by atoms with E-state index in [-0.39, 0.29) is 0 Å². The van der Waals surface area contributed by atoms with Crippen molar-refractivity contribution in [2.75, 3.05) is 14.2 Å². The summed E-state index contributed by atoms with van der Waals surface area (Å²) in [5.41, 5.74) is 6.81. The predicted molar refractivity (Wildman–Crippen MR) is 97.3 cm³/mol. The van der Waals surface area contributed by atoms with E-state index in [0.29, 0.717) is 0 Å². The Hall–Kier alpha value is -3.08. The Bertz CT molecular complexity index is 1110. The highest BCUT2D eigenvalue weighted by Gasteiger charge is 2.25. The Balaban J connectivity index is 1.81. The third-order valence-electron chi connectivity index (χ3n) is 5.04. The van der Waals surface area contributed by atoms with Gasteiger partial charge in [-0.3, -0.25) is 5.10 Å². The van der Waals surface area contributed by atoms with Gasteiger partial charge in [0.15, 0.2) is 0 Å². The molecule has 0 radical (unpaired) electrons. The summed E-state index contributed by atoms with van der Waals surface area (Å²) in [7, 11) is 3.33. The first-order chi connectivity index (χ1) is 12.3. The number of nitrogens with one attached hydrogen (secondary N) is 1. The zero-order valence-electron chi connectivity index (χ0n) is 14.1. The first-order valence-electron chi connectivity index (χ1n) is 8.29. The van der Waals surface area contributed by atoms with E-state index in [1.165, 1.54) is 16.5 Å². The summed E-state index contributed by atoms with van der Waals surface area (Å²) in [5, 5.41) is 9.61. The standard InChI is InChI=1S/C20H17N3O2/c1-24-12-7-11(8-13(9-12)25-2)20-15-4-3-14(15)19-16-10-21-23-17(16)5-6-18(19)22-20/h5-10H,3-4H2,1-2H3,(H,21,23). The van der Waals surface area contributed by atoms with Crippen LogP contribution in [0, 0.1) is 0 Å². The minimum absolute atomic E-state index is 0.773. The summed E-state index contributed by atoms with van der Waals surface area (Å²) < 4.78 is 10.8. The number of rotatable bonds is 3. The molecule has 5 heteroatoms. The van der Waals surface area contributed by atoms with Gasteiger partial charge in [-0.25, -0.2) is 4.98 Å². The van der Waals surface area contributed by atoms with Crippen LogP contribution in [0.25, 0.3) is 33.1 Å². The Labute approximate surface area is 144 Å². The van der Waals surface area contributed by atoms with Gasteiger partial charge in [-0.05, 0) is 48.2 Å². The van der Waals surface area contributed by atoms with Crippen molar-refractivity contribution in [3.63, 3.8) is 0 Å². The summed E-state index contributed by atoms with van der Waals surface area (Å²) in [5.74, 6) is 1.55. The number of benzene rings is 2. The van der Waals surface area contributed by atoms with Gasteiger partial charge in [-0.1, -0.05) is 0 Å². The van der Waals surface area contributed by atoms with Gasteiger partial charge in [0.2, 0.25) is 0 Å². The minimum Gasteiger partial charge on any atom is -0.497 e. The first kappa shape index (κ1) is 14.3. The highest BCUT2D eigenvalue weighted by molar-refractivity contribution is 6.08. The van der Waals surface area contributed by atoms with Gasteiger partial charge in [0.25, 0.3) is 0 Å². The number of H-pyrrole nitrogens is 1. The van der Waals surface area contributed by atoms with Gasteiger partial charge >= 0.3 is 0 Å². The largest absolute Gasteiger partial charge is 0.497 e. The molecule has 1 aliphatic carbocycles. The maximum atomic E-state index is 5.42. The smallest absolute Gasteiger partial charge is 0.123 e. The number of aromatic nitrogens is 3. The molecule has 5 rings (SSSR count). The molecule has 0 bridgehead atoms. The van der Waals surface area contributed by atoms with Crippen LogP contribution in [0.5, 0.6) is 11.5 Å². The van der Waals surface area contributed by atoms with Crippen molar-refractivity contribution in [1.82, 2.24) is 15.2 Å². The van der Waals surface area contributed by atoms with Crippen LogP contribution in [0.4, 0.5) is 0 Å². The monoisotopic (exact) mass is 331 g/mol. The Morgan fingerprint density at radius 1 is 0.960 bits per heavy atom. The van der Waals surface area contributed by atoms with Crippen molar-refractivity contribution in [3.8, 4) is 22.8 Å². The van der Waals surface area contributed by atoms with Crippen LogP contribution in [0.2, 0.25) is 0 Å². The molecule has 0 saturated heterocycles. The zero-order valence-corrected chi connectivity index (χ0v) is 14.1. The summed E-state index contributed by atoms with van der Waals surface area (Å²) in [6, 6.07) is 10.0. The van der Waals surface area contributed by atoms with E-state index in [0.717, 1.165) is 52.0 Å². The predicted octanol–water partition coefficient (Wildman–Crippen LogP) is 3.89. The molecule has 0 amide bonds. The van der Waals surface area contributed by atoms with Gasteiger partial charge in [-0.15, -0.1) is 0 Å². The highest BCUT2D eigenvalue weighted by Crippen LogP contribution is 2.41. The quantitative estimate of drug-likeness (QED) is 0.618. The van der Waals surface area contributed by atoms with Gasteiger partial charge in [0.1, 0.15) is 11.5 Å². The van der Waals surface area contributed by atoms with Crippen LogP contribution >= 0.6 is 0 Å². The van der Waals surface area contributed by atoms with E-state index in [9.17, 15) is 0 Å². The zero-order chi connectivity index (χ0) is 17.0. The second kappa shape index (κ2) is 5.21. The average Bonchev–Trinajstić information content (AvgIpc) is 3.09. The van der Waals surface area contributed by atoms with E-state index in [4.69, 9.17) is 14.5 Å². The SMILES string of the molecule is COc1cc(OC)cc(-c2nc3ccc4[nH]ncc4c3c3c2CC3)c1. The minimum atomic E-state index is 0.773. The second-order valence-corrected chi connectivity index (χ2v) is 6.31. The number of nitrogens with zero attached hydrogens (tertiary/aromatic N) is 2. The summed E-state index contributed by atoms with van der Waals surface area (Å²) >= 11 is 0. The number of hydrogen-bond acceptors (Lipinski definition) is 4. The maximum Gasteiger partial charge on any atom is 0.123 e. The topological polar surface area (TPSA) is 60.0 Å². The fourth-order valence-electron chi connectivity index (χ4n) is 3.70. The average molecular weight is 331 g/mol. The Morgan fingerprint density at radius 2 is 1.72 bits per heavy atom. The van der Waals surface area contributed by atoms with E-state index in [2.05, 4.69) is 16.3 Å². The fourth-order valence-corrected chi connectivity index (χ4v) is 3.70.